The van der Waals surface area contributed by atoms with Gasteiger partial charge in [-0.25, -0.2) is 4.98 Å². The van der Waals surface area contributed by atoms with Crippen molar-refractivity contribution in [1.29, 1.82) is 0 Å². The van der Waals surface area contributed by atoms with Crippen LogP contribution in [-0.4, -0.2) is 41.9 Å². The van der Waals surface area contributed by atoms with Crippen molar-refractivity contribution in [3.63, 3.8) is 0 Å². The summed E-state index contributed by atoms with van der Waals surface area (Å²) in [5.41, 5.74) is 1.70. The summed E-state index contributed by atoms with van der Waals surface area (Å²) in [5, 5.41) is 6.44. The molecule has 0 saturated heterocycles. The highest BCUT2D eigenvalue weighted by molar-refractivity contribution is 5.79. The van der Waals surface area contributed by atoms with Gasteiger partial charge in [0.2, 0.25) is 0 Å². The molecular weight excluding hydrogens is 359 g/mol. The van der Waals surface area contributed by atoms with Crippen molar-refractivity contribution in [3.05, 3.63) is 54.1 Å². The Bertz CT molecular complexity index is 684. The molecule has 0 bridgehead atoms. The summed E-state index contributed by atoms with van der Waals surface area (Å²) >= 11 is 0. The molecule has 0 amide bonds. The molecule has 0 fully saturated rings. The topological polar surface area (TPSA) is 63.5 Å². The maximum atomic E-state index is 12.1. The molecule has 0 atom stereocenters. The lowest BCUT2D eigenvalue weighted by Crippen LogP contribution is -2.37. The molecule has 0 spiro atoms. The molecule has 2 N–H and O–H groups in total. The van der Waals surface area contributed by atoms with E-state index in [4.69, 9.17) is 0 Å². The minimum Gasteiger partial charge on any atom is -0.367 e. The lowest BCUT2D eigenvalue weighted by Gasteiger charge is -2.12. The largest absolute Gasteiger partial charge is 0.411 e. The highest BCUT2D eigenvalue weighted by Gasteiger charge is 2.27. The number of nitrogens with one attached hydrogen (secondary N) is 2. The van der Waals surface area contributed by atoms with Crippen molar-refractivity contribution in [1.82, 2.24) is 20.2 Å². The zero-order chi connectivity index (χ0) is 19.5. The summed E-state index contributed by atoms with van der Waals surface area (Å²) in [6, 6.07) is 7.22. The van der Waals surface area contributed by atoms with Gasteiger partial charge in [0.15, 0.2) is 5.96 Å². The van der Waals surface area contributed by atoms with E-state index in [9.17, 15) is 13.2 Å². The summed E-state index contributed by atoms with van der Waals surface area (Å²) in [5.74, 6) is 0.693. The van der Waals surface area contributed by atoms with Gasteiger partial charge in [0.1, 0.15) is 6.61 Å². The first-order valence-corrected chi connectivity index (χ1v) is 8.59. The number of halogens is 3. The van der Waals surface area contributed by atoms with Gasteiger partial charge in [0.05, 0.1) is 12.9 Å². The fourth-order valence-corrected chi connectivity index (χ4v) is 2.33. The number of nitrogens with zero attached hydrogens (tertiary/aromatic N) is 3. The number of alkyl halides is 3. The van der Waals surface area contributed by atoms with E-state index in [1.165, 1.54) is 0 Å². The van der Waals surface area contributed by atoms with Gasteiger partial charge in [-0.1, -0.05) is 24.3 Å². The summed E-state index contributed by atoms with van der Waals surface area (Å²) in [7, 11) is 1.70. The predicted molar refractivity (Wildman–Crippen MR) is 97.2 cm³/mol. The number of guanidine groups is 1. The van der Waals surface area contributed by atoms with Gasteiger partial charge in [-0.3, -0.25) is 4.99 Å². The average Bonchev–Trinajstić information content (AvgIpc) is 3.15. The zero-order valence-electron chi connectivity index (χ0n) is 15.2. The van der Waals surface area contributed by atoms with E-state index in [0.29, 0.717) is 18.1 Å². The Morgan fingerprint density at radius 1 is 1.19 bits per heavy atom. The Kier molecular flexibility index (Phi) is 8.12. The normalized spacial score (nSPS) is 12.2. The summed E-state index contributed by atoms with van der Waals surface area (Å²) < 4.78 is 42.8. The molecule has 0 aliphatic heterocycles. The Labute approximate surface area is 156 Å². The molecule has 148 valence electrons. The second-order valence-electron chi connectivity index (χ2n) is 5.93. The van der Waals surface area contributed by atoms with Crippen LogP contribution in [0.2, 0.25) is 0 Å². The van der Waals surface area contributed by atoms with Crippen LogP contribution in [0.5, 0.6) is 0 Å². The van der Waals surface area contributed by atoms with Gasteiger partial charge in [-0.05, 0) is 17.5 Å². The molecule has 0 unspecified atom stereocenters. The van der Waals surface area contributed by atoms with E-state index >= 15 is 0 Å². The first kappa shape index (κ1) is 20.8. The van der Waals surface area contributed by atoms with E-state index in [0.717, 1.165) is 25.1 Å². The van der Waals surface area contributed by atoms with Crippen LogP contribution >= 0.6 is 0 Å². The number of aromatic nitrogens is 2. The molecule has 6 nitrogen and oxygen atoms in total. The van der Waals surface area contributed by atoms with Crippen LogP contribution in [0.3, 0.4) is 0 Å². The van der Waals surface area contributed by atoms with Gasteiger partial charge in [-0.15, -0.1) is 0 Å². The maximum absolute atomic E-state index is 12.1. The Hall–Kier alpha value is -2.55. The van der Waals surface area contributed by atoms with Gasteiger partial charge < -0.3 is 19.9 Å². The molecule has 0 aliphatic carbocycles. The highest BCUT2D eigenvalue weighted by Crippen LogP contribution is 2.15. The van der Waals surface area contributed by atoms with Crippen LogP contribution < -0.4 is 10.6 Å². The predicted octanol–water partition coefficient (Wildman–Crippen LogP) is 2.72. The van der Waals surface area contributed by atoms with E-state index in [-0.39, 0.29) is 6.61 Å². The Balaban J connectivity index is 1.66. The van der Waals surface area contributed by atoms with E-state index in [2.05, 4.69) is 25.3 Å². The number of aliphatic imine (C=N–C) groups is 1. The summed E-state index contributed by atoms with van der Waals surface area (Å²) in [4.78, 5) is 8.16. The second-order valence-corrected chi connectivity index (χ2v) is 5.93. The fourth-order valence-electron chi connectivity index (χ4n) is 2.33. The van der Waals surface area contributed by atoms with Crippen molar-refractivity contribution in [2.24, 2.45) is 4.99 Å². The number of rotatable bonds is 9. The number of ether oxygens (including phenoxy) is 1. The van der Waals surface area contributed by atoms with Crippen LogP contribution in [-0.2, 0) is 24.4 Å². The maximum Gasteiger partial charge on any atom is 0.411 e. The third-order valence-electron chi connectivity index (χ3n) is 3.69. The van der Waals surface area contributed by atoms with E-state index in [1.54, 1.807) is 31.7 Å². The van der Waals surface area contributed by atoms with Crippen molar-refractivity contribution in [2.75, 3.05) is 20.2 Å². The minimum atomic E-state index is -4.30. The summed E-state index contributed by atoms with van der Waals surface area (Å²) in [6.45, 7) is 0.909. The van der Waals surface area contributed by atoms with Gasteiger partial charge in [0, 0.05) is 39.1 Å². The third kappa shape index (κ3) is 8.59. The van der Waals surface area contributed by atoms with Crippen molar-refractivity contribution in [3.8, 4) is 0 Å². The number of hydrogen-bond donors (Lipinski definition) is 2. The van der Waals surface area contributed by atoms with Crippen LogP contribution in [0.25, 0.3) is 0 Å². The van der Waals surface area contributed by atoms with Crippen molar-refractivity contribution in [2.45, 2.75) is 32.3 Å². The van der Waals surface area contributed by atoms with Crippen molar-refractivity contribution >= 4 is 5.96 Å². The number of imidazole rings is 1. The average molecular weight is 383 g/mol. The zero-order valence-corrected chi connectivity index (χ0v) is 15.2. The molecule has 2 rings (SSSR count). The first-order valence-electron chi connectivity index (χ1n) is 8.59. The Morgan fingerprint density at radius 3 is 2.56 bits per heavy atom. The molecule has 27 heavy (non-hydrogen) atoms. The van der Waals surface area contributed by atoms with Crippen LogP contribution in [0, 0.1) is 0 Å². The van der Waals surface area contributed by atoms with E-state index in [1.807, 2.05) is 22.9 Å². The quantitative estimate of drug-likeness (QED) is 0.397. The highest BCUT2D eigenvalue weighted by atomic mass is 19.4. The summed E-state index contributed by atoms with van der Waals surface area (Å²) in [6.07, 6.45) is 2.09. The molecule has 2 aromatic rings. The second kappa shape index (κ2) is 10.6. The molecule has 9 heteroatoms. The van der Waals surface area contributed by atoms with Crippen molar-refractivity contribution < 1.29 is 17.9 Å². The number of benzene rings is 1. The monoisotopic (exact) mass is 383 g/mol. The minimum absolute atomic E-state index is 0.0621. The van der Waals surface area contributed by atoms with Gasteiger partial charge in [-0.2, -0.15) is 13.2 Å². The molecule has 0 saturated carbocycles. The van der Waals surface area contributed by atoms with Crippen LogP contribution in [0.4, 0.5) is 13.2 Å². The van der Waals surface area contributed by atoms with Crippen LogP contribution in [0.1, 0.15) is 17.5 Å². The molecule has 0 radical (unpaired) electrons. The van der Waals surface area contributed by atoms with Gasteiger partial charge >= 0.3 is 6.18 Å². The fraction of sp³-hybridized carbons (Fsp3) is 0.444. The lowest BCUT2D eigenvalue weighted by molar-refractivity contribution is -0.176. The molecular formula is C18H24F3N5O. The molecule has 1 heterocycles. The molecule has 1 aromatic carbocycles. The van der Waals surface area contributed by atoms with Crippen LogP contribution in [0.15, 0.2) is 48.0 Å². The Morgan fingerprint density at radius 2 is 1.93 bits per heavy atom. The van der Waals surface area contributed by atoms with Gasteiger partial charge in [0.25, 0.3) is 0 Å². The molecule has 0 aliphatic rings. The SMILES string of the molecule is CN=C(NCCCn1ccnc1)NCc1ccc(COCC(F)(F)F)cc1. The van der Waals surface area contributed by atoms with E-state index < -0.39 is 12.8 Å². The number of aryl methyl sites for hydroxylation is 1. The number of hydrogen-bond acceptors (Lipinski definition) is 3. The smallest absolute Gasteiger partial charge is 0.367 e. The standard InChI is InChI=1S/C18H24F3N5O/c1-22-17(24-7-2-9-26-10-8-23-14-26)25-11-15-3-5-16(6-4-15)12-27-13-18(19,20)21/h3-6,8,10,14H,2,7,9,11-13H2,1H3,(H2,22,24,25). The third-order valence-corrected chi connectivity index (χ3v) is 3.69. The first-order chi connectivity index (χ1) is 13.0. The lowest BCUT2D eigenvalue weighted by atomic mass is 10.1. The molecule has 1 aromatic heterocycles.